The summed E-state index contributed by atoms with van der Waals surface area (Å²) in [6.45, 7) is 8.07. The largest absolute Gasteiger partial charge is 0.334 e. The SMILES string of the molecule is CC(C)C[C@@H](C(=O)N1CCCC2=C[C@@H]3C[C@@H](CN4CCCC[C@H]34)[C@@H]21)N1Cc2ccccc2C1=O. The molecule has 0 spiro atoms. The summed E-state index contributed by atoms with van der Waals surface area (Å²) in [6.07, 6.45) is 10.7. The lowest BCUT2D eigenvalue weighted by Gasteiger charge is -2.55. The highest BCUT2D eigenvalue weighted by Gasteiger charge is 2.48. The molecule has 34 heavy (non-hydrogen) atoms. The van der Waals surface area contributed by atoms with Crippen LogP contribution in [0.15, 0.2) is 35.9 Å². The smallest absolute Gasteiger partial charge is 0.255 e. The van der Waals surface area contributed by atoms with Crippen molar-refractivity contribution >= 4 is 11.8 Å². The van der Waals surface area contributed by atoms with Crippen LogP contribution in [0.25, 0.3) is 0 Å². The molecule has 5 aliphatic rings. The molecule has 3 saturated heterocycles. The maximum Gasteiger partial charge on any atom is 0.255 e. The molecule has 0 radical (unpaired) electrons. The first-order chi connectivity index (χ1) is 16.5. The number of piperidine rings is 3. The van der Waals surface area contributed by atoms with Crippen LogP contribution in [-0.4, -0.2) is 64.3 Å². The number of hydrogen-bond acceptors (Lipinski definition) is 3. The second-order valence-electron chi connectivity index (χ2n) is 11.8. The number of nitrogens with zero attached hydrogens (tertiary/aromatic N) is 3. The van der Waals surface area contributed by atoms with Crippen molar-refractivity contribution in [2.45, 2.75) is 83.5 Å². The molecule has 0 N–H and O–H groups in total. The van der Waals surface area contributed by atoms with E-state index in [1.807, 2.05) is 29.2 Å². The highest BCUT2D eigenvalue weighted by Crippen LogP contribution is 2.45. The minimum absolute atomic E-state index is 0.0277. The Balaban J connectivity index is 1.29. The van der Waals surface area contributed by atoms with Gasteiger partial charge in [-0.05, 0) is 74.5 Å². The standard InChI is InChI=1S/C29H39N3O2/c1-19(2)14-26(32-18-21-8-3-4-10-24(21)28(32)33)29(34)31-13-7-9-20-15-22-16-23(27(20)31)17-30-12-6-5-11-25(22)30/h3-4,8,10,15,19,22-23,25-27H,5-7,9,11-14,16-18H2,1-2H3/t22-,23+,25-,26+,27-/m1/s1. The fourth-order valence-corrected chi connectivity index (χ4v) is 7.75. The van der Waals surface area contributed by atoms with Gasteiger partial charge in [-0.25, -0.2) is 0 Å². The van der Waals surface area contributed by atoms with Gasteiger partial charge >= 0.3 is 0 Å². The van der Waals surface area contributed by atoms with E-state index in [0.717, 1.165) is 49.5 Å². The number of fused-ring (bicyclic) bond motifs is 7. The average molecular weight is 462 g/mol. The van der Waals surface area contributed by atoms with E-state index in [9.17, 15) is 9.59 Å². The van der Waals surface area contributed by atoms with Gasteiger partial charge in [0.1, 0.15) is 6.04 Å². The van der Waals surface area contributed by atoms with Gasteiger partial charge in [-0.3, -0.25) is 14.5 Å². The Labute approximate surface area is 204 Å². The quantitative estimate of drug-likeness (QED) is 0.621. The van der Waals surface area contributed by atoms with Crippen LogP contribution in [0.1, 0.15) is 74.7 Å². The number of rotatable bonds is 4. The summed E-state index contributed by atoms with van der Waals surface area (Å²) in [5.74, 6) is 1.77. The van der Waals surface area contributed by atoms with E-state index >= 15 is 0 Å². The van der Waals surface area contributed by atoms with Crippen LogP contribution < -0.4 is 0 Å². The van der Waals surface area contributed by atoms with Crippen LogP contribution in [0.5, 0.6) is 0 Å². The molecule has 5 atom stereocenters. The molecule has 3 fully saturated rings. The highest BCUT2D eigenvalue weighted by atomic mass is 16.2. The van der Waals surface area contributed by atoms with Gasteiger partial charge in [-0.2, -0.15) is 0 Å². The summed E-state index contributed by atoms with van der Waals surface area (Å²) in [5.41, 5.74) is 3.34. The Hall–Kier alpha value is -2.14. The minimum Gasteiger partial charge on any atom is -0.334 e. The van der Waals surface area contributed by atoms with E-state index in [1.54, 1.807) is 0 Å². The lowest BCUT2D eigenvalue weighted by atomic mass is 9.68. The fourth-order valence-electron chi connectivity index (χ4n) is 7.75. The molecule has 1 aromatic carbocycles. The van der Waals surface area contributed by atoms with Crippen molar-refractivity contribution in [3.8, 4) is 0 Å². The molecular formula is C29H39N3O2. The first-order valence-corrected chi connectivity index (χ1v) is 13.6. The summed E-state index contributed by atoms with van der Waals surface area (Å²) in [4.78, 5) is 34.5. The van der Waals surface area contributed by atoms with E-state index in [2.05, 4.69) is 29.7 Å². The van der Waals surface area contributed by atoms with Gasteiger partial charge in [0.05, 0.1) is 6.04 Å². The first-order valence-electron chi connectivity index (χ1n) is 13.6. The topological polar surface area (TPSA) is 43.9 Å². The van der Waals surface area contributed by atoms with Crippen LogP contribution in [0, 0.1) is 17.8 Å². The van der Waals surface area contributed by atoms with Gasteiger partial charge in [-0.15, -0.1) is 0 Å². The van der Waals surface area contributed by atoms with E-state index in [4.69, 9.17) is 0 Å². The number of amides is 2. The Morgan fingerprint density at radius 3 is 2.79 bits per heavy atom. The molecule has 1 aromatic rings. The average Bonchev–Trinajstić information content (AvgIpc) is 3.18. The molecule has 2 amide bonds. The molecule has 182 valence electrons. The predicted molar refractivity (Wildman–Crippen MR) is 133 cm³/mol. The van der Waals surface area contributed by atoms with Crippen molar-refractivity contribution < 1.29 is 9.59 Å². The molecule has 5 nitrogen and oxygen atoms in total. The number of carbonyl (C=O) groups excluding carboxylic acids is 2. The molecule has 4 aliphatic heterocycles. The van der Waals surface area contributed by atoms with Gasteiger partial charge in [0.15, 0.2) is 0 Å². The van der Waals surface area contributed by atoms with Gasteiger partial charge in [-0.1, -0.05) is 50.1 Å². The molecular weight excluding hydrogens is 422 g/mol. The Morgan fingerprint density at radius 2 is 1.97 bits per heavy atom. The summed E-state index contributed by atoms with van der Waals surface area (Å²) in [6, 6.07) is 8.44. The molecule has 0 unspecified atom stereocenters. The second kappa shape index (κ2) is 8.82. The van der Waals surface area contributed by atoms with E-state index < -0.39 is 0 Å². The Bertz CT molecular complexity index is 1000. The first kappa shape index (κ1) is 22.3. The Kier molecular flexibility index (Phi) is 5.79. The van der Waals surface area contributed by atoms with Crippen LogP contribution in [-0.2, 0) is 11.3 Å². The van der Waals surface area contributed by atoms with Gasteiger partial charge < -0.3 is 9.80 Å². The summed E-state index contributed by atoms with van der Waals surface area (Å²) >= 11 is 0. The minimum atomic E-state index is -0.372. The molecule has 0 saturated carbocycles. The molecule has 6 rings (SSSR count). The fraction of sp³-hybridized carbons (Fsp3) is 0.655. The van der Waals surface area contributed by atoms with Gasteiger partial charge in [0.25, 0.3) is 5.91 Å². The van der Waals surface area contributed by atoms with Crippen LogP contribution >= 0.6 is 0 Å². The van der Waals surface area contributed by atoms with Gasteiger partial charge in [0.2, 0.25) is 5.91 Å². The van der Waals surface area contributed by atoms with Crippen LogP contribution in [0.4, 0.5) is 0 Å². The third-order valence-electron chi connectivity index (χ3n) is 9.15. The number of hydrogen-bond donors (Lipinski definition) is 0. The van der Waals surface area contributed by atoms with Crippen molar-refractivity contribution in [2.75, 3.05) is 19.6 Å². The van der Waals surface area contributed by atoms with Crippen LogP contribution in [0.2, 0.25) is 0 Å². The number of benzene rings is 1. The summed E-state index contributed by atoms with van der Waals surface area (Å²) < 4.78 is 0. The zero-order valence-corrected chi connectivity index (χ0v) is 20.8. The third kappa shape index (κ3) is 3.71. The van der Waals surface area contributed by atoms with Crippen molar-refractivity contribution in [1.82, 2.24) is 14.7 Å². The molecule has 4 heterocycles. The maximum absolute atomic E-state index is 14.3. The molecule has 0 aromatic heterocycles. The molecule has 5 heteroatoms. The van der Waals surface area contributed by atoms with E-state index in [-0.39, 0.29) is 23.9 Å². The van der Waals surface area contributed by atoms with Crippen LogP contribution in [0.3, 0.4) is 0 Å². The lowest BCUT2D eigenvalue weighted by Crippen LogP contribution is -2.62. The monoisotopic (exact) mass is 461 g/mol. The zero-order valence-electron chi connectivity index (χ0n) is 20.8. The predicted octanol–water partition coefficient (Wildman–Crippen LogP) is 4.48. The normalized spacial score (nSPS) is 31.6. The number of likely N-dealkylation sites (tertiary alicyclic amines) is 1. The number of carbonyl (C=O) groups is 2. The van der Waals surface area contributed by atoms with E-state index in [1.165, 1.54) is 37.8 Å². The lowest BCUT2D eigenvalue weighted by molar-refractivity contribution is -0.142. The molecule has 2 bridgehead atoms. The van der Waals surface area contributed by atoms with Crippen molar-refractivity contribution in [1.29, 1.82) is 0 Å². The van der Waals surface area contributed by atoms with Crippen molar-refractivity contribution in [2.24, 2.45) is 17.8 Å². The second-order valence-corrected chi connectivity index (χ2v) is 11.8. The highest BCUT2D eigenvalue weighted by molar-refractivity contribution is 6.01. The Morgan fingerprint density at radius 1 is 1.12 bits per heavy atom. The van der Waals surface area contributed by atoms with E-state index in [0.29, 0.717) is 24.3 Å². The zero-order chi connectivity index (χ0) is 23.4. The molecule has 1 aliphatic carbocycles. The summed E-state index contributed by atoms with van der Waals surface area (Å²) in [7, 11) is 0. The van der Waals surface area contributed by atoms with Crippen molar-refractivity contribution in [3.05, 3.63) is 47.0 Å². The van der Waals surface area contributed by atoms with Crippen molar-refractivity contribution in [3.63, 3.8) is 0 Å². The maximum atomic E-state index is 14.3. The van der Waals surface area contributed by atoms with Gasteiger partial charge in [0, 0.05) is 31.2 Å². The summed E-state index contributed by atoms with van der Waals surface area (Å²) in [5, 5.41) is 0. The third-order valence-corrected chi connectivity index (χ3v) is 9.15.